The summed E-state index contributed by atoms with van der Waals surface area (Å²) >= 11 is 5.92. The number of anilines is 2. The summed E-state index contributed by atoms with van der Waals surface area (Å²) in [7, 11) is 0. The maximum absolute atomic E-state index is 11.9. The summed E-state index contributed by atoms with van der Waals surface area (Å²) < 4.78 is 4.86. The molecule has 0 fully saturated rings. The number of carbonyl (C=O) groups is 3. The summed E-state index contributed by atoms with van der Waals surface area (Å²) in [5.41, 5.74) is 1.08. The molecule has 2 amide bonds. The van der Waals surface area contributed by atoms with Crippen LogP contribution in [0.25, 0.3) is 0 Å². The van der Waals surface area contributed by atoms with Crippen LogP contribution in [0.3, 0.4) is 0 Å². The van der Waals surface area contributed by atoms with Crippen LogP contribution in [0.15, 0.2) is 48.5 Å². The van der Waals surface area contributed by atoms with Crippen molar-refractivity contribution >= 4 is 40.8 Å². The molecule has 0 aromatic heterocycles. The van der Waals surface area contributed by atoms with E-state index in [0.29, 0.717) is 22.0 Å². The van der Waals surface area contributed by atoms with E-state index in [1.807, 2.05) is 0 Å². The highest BCUT2D eigenvalue weighted by Gasteiger charge is 2.15. The fraction of sp³-hybridized carbons (Fsp3) is 0.118. The Morgan fingerprint density at radius 3 is 2.21 bits per heavy atom. The van der Waals surface area contributed by atoms with Gasteiger partial charge >= 0.3 is 17.8 Å². The van der Waals surface area contributed by atoms with Gasteiger partial charge in [0.15, 0.2) is 0 Å². The normalized spacial score (nSPS) is 9.92. The van der Waals surface area contributed by atoms with Gasteiger partial charge in [0.2, 0.25) is 0 Å². The summed E-state index contributed by atoms with van der Waals surface area (Å²) in [4.78, 5) is 35.3. The van der Waals surface area contributed by atoms with Crippen molar-refractivity contribution in [3.8, 4) is 0 Å². The van der Waals surface area contributed by atoms with Gasteiger partial charge in [0.05, 0.1) is 22.9 Å². The highest BCUT2D eigenvalue weighted by molar-refractivity contribution is 6.44. The molecule has 0 bridgehead atoms. The van der Waals surface area contributed by atoms with Crippen LogP contribution in [0.2, 0.25) is 5.02 Å². The summed E-state index contributed by atoms with van der Waals surface area (Å²) in [5, 5.41) is 5.18. The molecule has 24 heavy (non-hydrogen) atoms. The Bertz CT molecular complexity index is 759. The van der Waals surface area contributed by atoms with E-state index < -0.39 is 17.8 Å². The largest absolute Gasteiger partial charge is 0.462 e. The topological polar surface area (TPSA) is 84.5 Å². The molecule has 0 saturated heterocycles. The Hall–Kier alpha value is -2.86. The molecule has 0 saturated carbocycles. The molecule has 2 rings (SSSR count). The zero-order valence-corrected chi connectivity index (χ0v) is 13.6. The quantitative estimate of drug-likeness (QED) is 0.658. The number of hydrogen-bond donors (Lipinski definition) is 2. The molecule has 124 valence electrons. The van der Waals surface area contributed by atoms with Crippen molar-refractivity contribution in [1.82, 2.24) is 0 Å². The molecule has 0 aliphatic rings. The number of halogens is 1. The molecular formula is C17H15ClN2O4. The molecule has 6 nitrogen and oxygen atoms in total. The third kappa shape index (κ3) is 4.57. The van der Waals surface area contributed by atoms with Gasteiger partial charge in [0, 0.05) is 5.69 Å². The first kappa shape index (κ1) is 17.5. The van der Waals surface area contributed by atoms with Gasteiger partial charge in [-0.2, -0.15) is 0 Å². The lowest BCUT2D eigenvalue weighted by atomic mass is 10.2. The average molecular weight is 347 g/mol. The highest BCUT2D eigenvalue weighted by Crippen LogP contribution is 2.20. The van der Waals surface area contributed by atoms with E-state index in [4.69, 9.17) is 16.3 Å². The number of benzene rings is 2. The summed E-state index contributed by atoms with van der Waals surface area (Å²) in [6, 6.07) is 12.6. The van der Waals surface area contributed by atoms with Crippen molar-refractivity contribution in [2.45, 2.75) is 6.92 Å². The Balaban J connectivity index is 1.97. The van der Waals surface area contributed by atoms with E-state index in [-0.39, 0.29) is 6.61 Å². The Kier molecular flexibility index (Phi) is 5.92. The van der Waals surface area contributed by atoms with Crippen LogP contribution in [0.1, 0.15) is 17.3 Å². The zero-order chi connectivity index (χ0) is 17.5. The number of rotatable bonds is 4. The number of amides is 2. The molecule has 0 radical (unpaired) electrons. The Labute approximate surface area is 143 Å². The van der Waals surface area contributed by atoms with Gasteiger partial charge in [0.25, 0.3) is 0 Å². The molecule has 0 spiro atoms. The van der Waals surface area contributed by atoms with E-state index in [9.17, 15) is 14.4 Å². The van der Waals surface area contributed by atoms with E-state index in [2.05, 4.69) is 10.6 Å². The van der Waals surface area contributed by atoms with Crippen molar-refractivity contribution in [2.24, 2.45) is 0 Å². The first-order chi connectivity index (χ1) is 11.5. The molecule has 0 aliphatic carbocycles. The van der Waals surface area contributed by atoms with Gasteiger partial charge in [-0.1, -0.05) is 23.7 Å². The number of esters is 1. The van der Waals surface area contributed by atoms with E-state index in [1.165, 1.54) is 24.3 Å². The number of hydrogen-bond acceptors (Lipinski definition) is 4. The van der Waals surface area contributed by atoms with E-state index in [0.717, 1.165) is 0 Å². The number of ether oxygens (including phenoxy) is 1. The van der Waals surface area contributed by atoms with Gasteiger partial charge in [-0.15, -0.1) is 0 Å². The predicted octanol–water partition coefficient (Wildman–Crippen LogP) is 3.09. The van der Waals surface area contributed by atoms with Crippen LogP contribution in [0.5, 0.6) is 0 Å². The monoisotopic (exact) mass is 346 g/mol. The van der Waals surface area contributed by atoms with Crippen LogP contribution in [0, 0.1) is 0 Å². The van der Waals surface area contributed by atoms with Crippen molar-refractivity contribution in [3.05, 3.63) is 59.1 Å². The number of nitrogens with one attached hydrogen (secondary N) is 2. The van der Waals surface area contributed by atoms with Crippen molar-refractivity contribution < 1.29 is 19.1 Å². The first-order valence-electron chi connectivity index (χ1n) is 7.15. The second-order valence-corrected chi connectivity index (χ2v) is 5.09. The van der Waals surface area contributed by atoms with Gasteiger partial charge in [-0.3, -0.25) is 9.59 Å². The zero-order valence-electron chi connectivity index (χ0n) is 12.8. The number of para-hydroxylation sites is 1. The van der Waals surface area contributed by atoms with Gasteiger partial charge in [0.1, 0.15) is 0 Å². The predicted molar refractivity (Wildman–Crippen MR) is 91.1 cm³/mol. The summed E-state index contributed by atoms with van der Waals surface area (Å²) in [5.74, 6) is -2.15. The molecule has 0 unspecified atom stereocenters. The third-order valence-corrected chi connectivity index (χ3v) is 3.31. The average Bonchev–Trinajstić information content (AvgIpc) is 2.57. The van der Waals surface area contributed by atoms with Crippen LogP contribution in [-0.2, 0) is 14.3 Å². The van der Waals surface area contributed by atoms with Crippen LogP contribution in [-0.4, -0.2) is 24.4 Å². The molecule has 0 heterocycles. The standard InChI is InChI=1S/C17H15ClN2O4/c1-2-24-17(23)11-7-9-12(10-8-11)19-15(21)16(22)20-14-6-4-3-5-13(14)18/h3-10H,2H2,1H3,(H,19,21)(H,20,22). The number of carbonyl (C=O) groups excluding carboxylic acids is 3. The maximum Gasteiger partial charge on any atom is 0.338 e. The Morgan fingerprint density at radius 1 is 0.958 bits per heavy atom. The lowest BCUT2D eigenvalue weighted by Crippen LogP contribution is -2.29. The van der Waals surface area contributed by atoms with Crippen molar-refractivity contribution in [2.75, 3.05) is 17.2 Å². The van der Waals surface area contributed by atoms with Crippen molar-refractivity contribution in [1.29, 1.82) is 0 Å². The van der Waals surface area contributed by atoms with Crippen LogP contribution < -0.4 is 10.6 Å². The second-order valence-electron chi connectivity index (χ2n) is 4.69. The summed E-state index contributed by atoms with van der Waals surface area (Å²) in [6.07, 6.45) is 0. The van der Waals surface area contributed by atoms with E-state index >= 15 is 0 Å². The molecule has 7 heteroatoms. The Morgan fingerprint density at radius 2 is 1.58 bits per heavy atom. The van der Waals surface area contributed by atoms with E-state index in [1.54, 1.807) is 31.2 Å². The molecule has 2 aromatic carbocycles. The first-order valence-corrected chi connectivity index (χ1v) is 7.53. The molecule has 2 N–H and O–H groups in total. The molecule has 0 aliphatic heterocycles. The minimum atomic E-state index is -0.849. The van der Waals surface area contributed by atoms with Crippen molar-refractivity contribution in [3.63, 3.8) is 0 Å². The van der Waals surface area contributed by atoms with Crippen LogP contribution >= 0.6 is 11.6 Å². The molecular weight excluding hydrogens is 332 g/mol. The third-order valence-electron chi connectivity index (χ3n) is 2.98. The minimum Gasteiger partial charge on any atom is -0.462 e. The smallest absolute Gasteiger partial charge is 0.338 e. The molecule has 2 aromatic rings. The molecule has 0 atom stereocenters. The maximum atomic E-state index is 11.9. The lowest BCUT2D eigenvalue weighted by Gasteiger charge is -2.08. The SMILES string of the molecule is CCOC(=O)c1ccc(NC(=O)C(=O)Nc2ccccc2Cl)cc1. The second kappa shape index (κ2) is 8.12. The van der Waals surface area contributed by atoms with Crippen LogP contribution in [0.4, 0.5) is 11.4 Å². The highest BCUT2D eigenvalue weighted by atomic mass is 35.5. The fourth-order valence-electron chi connectivity index (χ4n) is 1.83. The van der Waals surface area contributed by atoms with Gasteiger partial charge in [-0.05, 0) is 43.3 Å². The minimum absolute atomic E-state index is 0.277. The van der Waals surface area contributed by atoms with Gasteiger partial charge < -0.3 is 15.4 Å². The fourth-order valence-corrected chi connectivity index (χ4v) is 2.02. The lowest BCUT2D eigenvalue weighted by molar-refractivity contribution is -0.132. The summed E-state index contributed by atoms with van der Waals surface area (Å²) in [6.45, 7) is 1.99. The van der Waals surface area contributed by atoms with Gasteiger partial charge in [-0.25, -0.2) is 4.79 Å².